The number of rotatable bonds is 4. The SMILES string of the molecule is C1=Cc2cc3[nH]c(c(-c4ccccn4)c4nc(cc5ccc(cc1n2)[nH]5)C=C4c1ccccn1)c(-c1ccccn1)c3-c1ccccn1.[Fe]. The Kier molecular flexibility index (Phi) is 7.81. The second kappa shape index (κ2) is 12.7. The van der Waals surface area contributed by atoms with Crippen molar-refractivity contribution in [3.8, 4) is 33.8 Å². The molecule has 0 saturated carbocycles. The molecule has 234 valence electrons. The van der Waals surface area contributed by atoms with Gasteiger partial charge in [-0.15, -0.1) is 0 Å². The molecule has 9 heteroatoms. The largest absolute Gasteiger partial charge is 0.355 e. The minimum Gasteiger partial charge on any atom is -0.355 e. The van der Waals surface area contributed by atoms with E-state index in [9.17, 15) is 0 Å². The first-order valence-corrected chi connectivity index (χ1v) is 15.6. The van der Waals surface area contributed by atoms with Crippen molar-refractivity contribution in [3.05, 3.63) is 156 Å². The van der Waals surface area contributed by atoms with Crippen LogP contribution in [0.15, 0.2) is 128 Å². The summed E-state index contributed by atoms with van der Waals surface area (Å²) in [6, 6.07) is 34.0. The van der Waals surface area contributed by atoms with E-state index in [1.54, 1.807) is 12.4 Å². The van der Waals surface area contributed by atoms with Crippen molar-refractivity contribution in [3.63, 3.8) is 0 Å². The molecule has 0 radical (unpaired) electrons. The van der Waals surface area contributed by atoms with Crippen LogP contribution in [0.4, 0.5) is 0 Å². The van der Waals surface area contributed by atoms with E-state index in [1.165, 1.54) is 0 Å². The van der Waals surface area contributed by atoms with Crippen molar-refractivity contribution in [1.82, 2.24) is 39.9 Å². The standard InChI is InChI=1S/C40H26N8.Fe/c1-5-17-41-31(9-1)30-23-29-22-27-14-13-25(45-27)21-26-15-16-28(46-26)24-35-36(32-10-2-6-18-42-32)37(33-11-3-7-19-43-33)40(48-35)38(39(30)47-29)34-12-4-8-20-44-34;/h1-24,45,48H;. The molecule has 2 aliphatic rings. The predicted octanol–water partition coefficient (Wildman–Crippen LogP) is 8.65. The molecule has 0 amide bonds. The van der Waals surface area contributed by atoms with Crippen molar-refractivity contribution in [2.45, 2.75) is 0 Å². The first-order chi connectivity index (χ1) is 23.8. The molecule has 0 aromatic carbocycles. The molecular formula is C40H26FeN8. The van der Waals surface area contributed by atoms with Crippen LogP contribution in [0.2, 0.25) is 0 Å². The quantitative estimate of drug-likeness (QED) is 0.181. The van der Waals surface area contributed by atoms with E-state index in [-0.39, 0.29) is 17.1 Å². The molecule has 2 aliphatic heterocycles. The van der Waals surface area contributed by atoms with Gasteiger partial charge in [0.2, 0.25) is 0 Å². The summed E-state index contributed by atoms with van der Waals surface area (Å²) >= 11 is 0. The average molecular weight is 675 g/mol. The zero-order valence-electron chi connectivity index (χ0n) is 25.9. The number of nitrogens with one attached hydrogen (secondary N) is 2. The Bertz CT molecular complexity index is 2540. The minimum absolute atomic E-state index is 0. The maximum Gasteiger partial charge on any atom is 0.0847 e. The fourth-order valence-corrected chi connectivity index (χ4v) is 6.28. The van der Waals surface area contributed by atoms with E-state index in [1.807, 2.05) is 122 Å². The number of fused-ring (bicyclic) bond motifs is 8. The third kappa shape index (κ3) is 5.67. The van der Waals surface area contributed by atoms with Gasteiger partial charge in [-0.3, -0.25) is 19.9 Å². The van der Waals surface area contributed by atoms with Gasteiger partial charge in [-0.05, 0) is 97.1 Å². The first-order valence-electron chi connectivity index (χ1n) is 15.6. The van der Waals surface area contributed by atoms with Crippen LogP contribution in [0.5, 0.6) is 0 Å². The van der Waals surface area contributed by atoms with E-state index in [0.29, 0.717) is 0 Å². The van der Waals surface area contributed by atoms with Crippen LogP contribution in [0.25, 0.3) is 79.6 Å². The Hall–Kier alpha value is -6.28. The molecule has 7 aromatic heterocycles. The Morgan fingerprint density at radius 1 is 0.449 bits per heavy atom. The maximum atomic E-state index is 5.31. The molecule has 0 unspecified atom stereocenters. The van der Waals surface area contributed by atoms with Gasteiger partial charge >= 0.3 is 0 Å². The second-order valence-electron chi connectivity index (χ2n) is 11.4. The van der Waals surface area contributed by atoms with Crippen LogP contribution in [0, 0.1) is 0 Å². The summed E-state index contributed by atoms with van der Waals surface area (Å²) in [4.78, 5) is 36.9. The predicted molar refractivity (Wildman–Crippen MR) is 191 cm³/mol. The summed E-state index contributed by atoms with van der Waals surface area (Å²) in [5, 5.41) is 0. The molecule has 0 aliphatic carbocycles. The molecule has 9 rings (SSSR count). The Morgan fingerprint density at radius 3 is 1.57 bits per heavy atom. The minimum atomic E-state index is 0. The number of hydrogen-bond donors (Lipinski definition) is 2. The third-order valence-corrected chi connectivity index (χ3v) is 8.32. The molecule has 0 atom stereocenters. The van der Waals surface area contributed by atoms with Gasteiger partial charge in [-0.2, -0.15) is 0 Å². The number of aromatic nitrogens is 8. The van der Waals surface area contributed by atoms with Gasteiger partial charge in [0.1, 0.15) is 0 Å². The van der Waals surface area contributed by atoms with Crippen LogP contribution in [0.1, 0.15) is 28.5 Å². The van der Waals surface area contributed by atoms with Gasteiger partial charge < -0.3 is 9.97 Å². The monoisotopic (exact) mass is 674 g/mol. The zero-order valence-corrected chi connectivity index (χ0v) is 27.0. The van der Waals surface area contributed by atoms with Crippen LogP contribution < -0.4 is 0 Å². The normalized spacial score (nSPS) is 12.0. The first kappa shape index (κ1) is 30.1. The van der Waals surface area contributed by atoms with Crippen LogP contribution >= 0.6 is 0 Å². The molecule has 8 bridgehead atoms. The van der Waals surface area contributed by atoms with Gasteiger partial charge in [0.25, 0.3) is 0 Å². The molecule has 49 heavy (non-hydrogen) atoms. The Labute approximate surface area is 292 Å². The van der Waals surface area contributed by atoms with E-state index in [2.05, 4.69) is 22.1 Å². The molecule has 8 nitrogen and oxygen atoms in total. The topological polar surface area (TPSA) is 109 Å². The average Bonchev–Trinajstić information content (AvgIpc) is 3.94. The van der Waals surface area contributed by atoms with Gasteiger partial charge in [0.05, 0.1) is 62.1 Å². The molecule has 0 fully saturated rings. The smallest absolute Gasteiger partial charge is 0.0847 e. The van der Waals surface area contributed by atoms with E-state index in [4.69, 9.17) is 29.9 Å². The van der Waals surface area contributed by atoms with Crippen molar-refractivity contribution < 1.29 is 17.1 Å². The zero-order chi connectivity index (χ0) is 31.9. The summed E-state index contributed by atoms with van der Waals surface area (Å²) in [5.74, 6) is 0. The summed E-state index contributed by atoms with van der Waals surface area (Å²) in [5.41, 5.74) is 13.4. The number of nitrogens with zero attached hydrogens (tertiary/aromatic N) is 6. The molecular weight excluding hydrogens is 648 g/mol. The summed E-state index contributed by atoms with van der Waals surface area (Å²) in [6.45, 7) is 0. The van der Waals surface area contributed by atoms with Gasteiger partial charge in [0, 0.05) is 69.6 Å². The Morgan fingerprint density at radius 2 is 0.980 bits per heavy atom. The number of hydrogen-bond acceptors (Lipinski definition) is 6. The number of H-pyrrole nitrogens is 2. The molecule has 7 aromatic rings. The van der Waals surface area contributed by atoms with Gasteiger partial charge in [-0.1, -0.05) is 24.3 Å². The summed E-state index contributed by atoms with van der Waals surface area (Å²) < 4.78 is 0. The molecule has 2 N–H and O–H groups in total. The van der Waals surface area contributed by atoms with E-state index < -0.39 is 0 Å². The summed E-state index contributed by atoms with van der Waals surface area (Å²) in [7, 11) is 0. The maximum absolute atomic E-state index is 5.31. The van der Waals surface area contributed by atoms with Gasteiger partial charge in [0.15, 0.2) is 0 Å². The van der Waals surface area contributed by atoms with Crippen molar-refractivity contribution in [1.29, 1.82) is 0 Å². The number of pyridine rings is 4. The fourth-order valence-electron chi connectivity index (χ4n) is 6.28. The van der Waals surface area contributed by atoms with Crippen molar-refractivity contribution >= 4 is 45.9 Å². The Balaban J connectivity index is 0.00000348. The molecule has 9 heterocycles. The van der Waals surface area contributed by atoms with Crippen molar-refractivity contribution in [2.75, 3.05) is 0 Å². The van der Waals surface area contributed by atoms with Crippen molar-refractivity contribution in [2.24, 2.45) is 0 Å². The van der Waals surface area contributed by atoms with Gasteiger partial charge in [-0.25, -0.2) is 9.97 Å². The van der Waals surface area contributed by atoms with E-state index >= 15 is 0 Å². The van der Waals surface area contributed by atoms with Crippen LogP contribution in [0.3, 0.4) is 0 Å². The molecule has 0 spiro atoms. The van der Waals surface area contributed by atoms with Crippen LogP contribution in [-0.4, -0.2) is 39.9 Å². The summed E-state index contributed by atoms with van der Waals surface area (Å²) in [6.07, 6.45) is 13.4. The third-order valence-electron chi connectivity index (χ3n) is 8.32. The fraction of sp³-hybridized carbons (Fsp3) is 0. The van der Waals surface area contributed by atoms with Crippen LogP contribution in [-0.2, 0) is 17.1 Å². The van der Waals surface area contributed by atoms with E-state index in [0.717, 1.165) is 89.9 Å². The molecule has 0 saturated heterocycles. The number of aromatic amines is 2. The second-order valence-corrected chi connectivity index (χ2v) is 11.4.